The van der Waals surface area contributed by atoms with E-state index in [0.717, 1.165) is 36.3 Å². The van der Waals surface area contributed by atoms with Crippen LogP contribution in [0.15, 0.2) is 48.8 Å². The highest BCUT2D eigenvalue weighted by atomic mass is 16.5. The van der Waals surface area contributed by atoms with Crippen molar-refractivity contribution < 1.29 is 9.53 Å². The van der Waals surface area contributed by atoms with Gasteiger partial charge in [-0.05, 0) is 42.2 Å². The van der Waals surface area contributed by atoms with Crippen LogP contribution in [-0.4, -0.2) is 29.4 Å². The van der Waals surface area contributed by atoms with Gasteiger partial charge in [0.25, 0.3) is 0 Å². The average Bonchev–Trinajstić information content (AvgIpc) is 3.06. The lowest BCUT2D eigenvalue weighted by molar-refractivity contribution is -0.131. The minimum atomic E-state index is 0.166. The Hall–Kier alpha value is -2.36. The van der Waals surface area contributed by atoms with Gasteiger partial charge in [0.1, 0.15) is 5.75 Å². The molecule has 0 N–H and O–H groups in total. The topological polar surface area (TPSA) is 42.4 Å². The van der Waals surface area contributed by atoms with Gasteiger partial charge in [0.05, 0.1) is 19.6 Å². The van der Waals surface area contributed by atoms with Crippen molar-refractivity contribution in [2.45, 2.75) is 25.3 Å². The van der Waals surface area contributed by atoms with E-state index in [-0.39, 0.29) is 11.9 Å². The summed E-state index contributed by atoms with van der Waals surface area (Å²) in [5.74, 6) is 0.988. The van der Waals surface area contributed by atoms with Crippen LogP contribution in [-0.2, 0) is 11.2 Å². The van der Waals surface area contributed by atoms with Crippen molar-refractivity contribution in [3.8, 4) is 5.75 Å². The molecule has 1 atom stereocenters. The van der Waals surface area contributed by atoms with Crippen LogP contribution >= 0.6 is 0 Å². The highest BCUT2D eigenvalue weighted by Gasteiger charge is 2.29. The van der Waals surface area contributed by atoms with Crippen molar-refractivity contribution in [1.29, 1.82) is 0 Å². The lowest BCUT2D eigenvalue weighted by Gasteiger charge is -2.25. The number of ether oxygens (including phenoxy) is 1. The Morgan fingerprint density at radius 2 is 2.14 bits per heavy atom. The maximum Gasteiger partial charge on any atom is 0.227 e. The second-order valence-electron chi connectivity index (χ2n) is 5.56. The molecule has 1 unspecified atom stereocenters. The van der Waals surface area contributed by atoms with Gasteiger partial charge in [-0.3, -0.25) is 9.78 Å². The number of rotatable bonds is 4. The van der Waals surface area contributed by atoms with E-state index in [1.807, 2.05) is 41.4 Å². The maximum absolute atomic E-state index is 12.6. The summed E-state index contributed by atoms with van der Waals surface area (Å²) in [7, 11) is 1.64. The van der Waals surface area contributed by atoms with Gasteiger partial charge in [-0.25, -0.2) is 0 Å². The predicted octanol–water partition coefficient (Wildman–Crippen LogP) is 3.00. The van der Waals surface area contributed by atoms with Crippen LogP contribution in [0.3, 0.4) is 0 Å². The Bertz CT molecular complexity index is 625. The molecule has 1 amide bonds. The summed E-state index contributed by atoms with van der Waals surface area (Å²) in [5, 5.41) is 0. The third kappa shape index (κ3) is 3.11. The number of pyridine rings is 1. The van der Waals surface area contributed by atoms with E-state index in [1.54, 1.807) is 13.3 Å². The Morgan fingerprint density at radius 1 is 1.32 bits per heavy atom. The van der Waals surface area contributed by atoms with E-state index >= 15 is 0 Å². The standard InChI is InChI=1S/C18H20N2O2/c1-22-16-8-6-14(7-9-16)12-18(21)20-11-3-5-17(20)15-4-2-10-19-13-15/h2,4,6-10,13,17H,3,5,11-12H2,1H3. The molecule has 0 aliphatic carbocycles. The third-order valence-electron chi connectivity index (χ3n) is 4.16. The zero-order valence-corrected chi connectivity index (χ0v) is 12.7. The number of carbonyl (C=O) groups is 1. The Labute approximate surface area is 130 Å². The van der Waals surface area contributed by atoms with Crippen molar-refractivity contribution in [2.24, 2.45) is 0 Å². The van der Waals surface area contributed by atoms with Crippen LogP contribution in [0.1, 0.15) is 30.0 Å². The smallest absolute Gasteiger partial charge is 0.227 e. The predicted molar refractivity (Wildman–Crippen MR) is 84.6 cm³/mol. The van der Waals surface area contributed by atoms with Gasteiger partial charge < -0.3 is 9.64 Å². The van der Waals surface area contributed by atoms with Crippen LogP contribution in [0.4, 0.5) is 0 Å². The summed E-state index contributed by atoms with van der Waals surface area (Å²) in [5.41, 5.74) is 2.14. The molecule has 0 spiro atoms. The largest absolute Gasteiger partial charge is 0.497 e. The van der Waals surface area contributed by atoms with E-state index < -0.39 is 0 Å². The highest BCUT2D eigenvalue weighted by molar-refractivity contribution is 5.79. The van der Waals surface area contributed by atoms with Crippen LogP contribution < -0.4 is 4.74 Å². The molecule has 114 valence electrons. The molecule has 3 rings (SSSR count). The molecule has 1 aliphatic rings. The quantitative estimate of drug-likeness (QED) is 0.871. The van der Waals surface area contributed by atoms with Gasteiger partial charge in [0.15, 0.2) is 0 Å². The molecule has 22 heavy (non-hydrogen) atoms. The van der Waals surface area contributed by atoms with Crippen molar-refractivity contribution in [1.82, 2.24) is 9.88 Å². The molecule has 0 bridgehead atoms. The second kappa shape index (κ2) is 6.60. The molecule has 0 saturated carbocycles. The van der Waals surface area contributed by atoms with E-state index in [1.165, 1.54) is 0 Å². The van der Waals surface area contributed by atoms with E-state index in [2.05, 4.69) is 11.1 Å². The molecule has 1 aromatic carbocycles. The SMILES string of the molecule is COc1ccc(CC(=O)N2CCCC2c2cccnc2)cc1. The number of hydrogen-bond acceptors (Lipinski definition) is 3. The molecule has 1 fully saturated rings. The Kier molecular flexibility index (Phi) is 4.37. The van der Waals surface area contributed by atoms with Crippen molar-refractivity contribution in [3.05, 3.63) is 59.9 Å². The first-order valence-corrected chi connectivity index (χ1v) is 7.60. The molecule has 2 heterocycles. The van der Waals surface area contributed by atoms with Gasteiger partial charge >= 0.3 is 0 Å². The minimum absolute atomic E-state index is 0.166. The van der Waals surface area contributed by atoms with Crippen molar-refractivity contribution >= 4 is 5.91 Å². The lowest BCUT2D eigenvalue weighted by atomic mass is 10.1. The number of likely N-dealkylation sites (tertiary alicyclic amines) is 1. The maximum atomic E-state index is 12.6. The van der Waals surface area contributed by atoms with Crippen LogP contribution in [0, 0.1) is 0 Å². The zero-order chi connectivity index (χ0) is 15.4. The first kappa shape index (κ1) is 14.6. The van der Waals surface area contributed by atoms with Gasteiger partial charge in [-0.1, -0.05) is 18.2 Å². The number of hydrogen-bond donors (Lipinski definition) is 0. The number of benzene rings is 1. The number of amides is 1. The fourth-order valence-electron chi connectivity index (χ4n) is 3.00. The molecule has 4 nitrogen and oxygen atoms in total. The van der Waals surface area contributed by atoms with Gasteiger partial charge in [0, 0.05) is 18.9 Å². The molecule has 4 heteroatoms. The summed E-state index contributed by atoms with van der Waals surface area (Å²) >= 11 is 0. The van der Waals surface area contributed by atoms with E-state index in [4.69, 9.17) is 4.74 Å². The summed E-state index contributed by atoms with van der Waals surface area (Å²) in [6.07, 6.45) is 6.13. The summed E-state index contributed by atoms with van der Waals surface area (Å²) in [6.45, 7) is 0.828. The van der Waals surface area contributed by atoms with Crippen LogP contribution in [0.2, 0.25) is 0 Å². The first-order valence-electron chi connectivity index (χ1n) is 7.60. The van der Waals surface area contributed by atoms with Gasteiger partial charge in [0.2, 0.25) is 5.91 Å². The number of aromatic nitrogens is 1. The summed E-state index contributed by atoms with van der Waals surface area (Å²) in [6, 6.07) is 11.8. The second-order valence-corrected chi connectivity index (χ2v) is 5.56. The Morgan fingerprint density at radius 3 is 2.82 bits per heavy atom. The van der Waals surface area contributed by atoms with Gasteiger partial charge in [-0.2, -0.15) is 0 Å². The highest BCUT2D eigenvalue weighted by Crippen LogP contribution is 2.31. The van der Waals surface area contributed by atoms with Gasteiger partial charge in [-0.15, -0.1) is 0 Å². The molecule has 1 saturated heterocycles. The summed E-state index contributed by atoms with van der Waals surface area (Å²) in [4.78, 5) is 18.8. The first-order chi connectivity index (χ1) is 10.8. The normalized spacial score (nSPS) is 17.5. The average molecular weight is 296 g/mol. The third-order valence-corrected chi connectivity index (χ3v) is 4.16. The molecule has 0 radical (unpaired) electrons. The molecular formula is C18H20N2O2. The lowest BCUT2D eigenvalue weighted by Crippen LogP contribution is -2.31. The fraction of sp³-hybridized carbons (Fsp3) is 0.333. The van der Waals surface area contributed by atoms with E-state index in [9.17, 15) is 4.79 Å². The van der Waals surface area contributed by atoms with Crippen molar-refractivity contribution in [3.63, 3.8) is 0 Å². The monoisotopic (exact) mass is 296 g/mol. The molecular weight excluding hydrogens is 276 g/mol. The van der Waals surface area contributed by atoms with Crippen molar-refractivity contribution in [2.75, 3.05) is 13.7 Å². The Balaban J connectivity index is 1.70. The molecule has 1 aliphatic heterocycles. The number of carbonyl (C=O) groups excluding carboxylic acids is 1. The molecule has 2 aromatic rings. The van der Waals surface area contributed by atoms with E-state index in [0.29, 0.717) is 6.42 Å². The summed E-state index contributed by atoms with van der Waals surface area (Å²) < 4.78 is 5.15. The van der Waals surface area contributed by atoms with Crippen LogP contribution in [0.25, 0.3) is 0 Å². The fourth-order valence-corrected chi connectivity index (χ4v) is 3.00. The molecule has 1 aromatic heterocycles. The zero-order valence-electron chi connectivity index (χ0n) is 12.7. The number of nitrogens with zero attached hydrogens (tertiary/aromatic N) is 2. The minimum Gasteiger partial charge on any atom is -0.497 e. The van der Waals surface area contributed by atoms with Crippen LogP contribution in [0.5, 0.6) is 5.75 Å². The number of methoxy groups -OCH3 is 1.